The molecule has 1 aromatic heterocycles. The van der Waals surface area contributed by atoms with E-state index in [2.05, 4.69) is 14.8 Å². The maximum Gasteiger partial charge on any atom is 0.272 e. The highest BCUT2D eigenvalue weighted by Crippen LogP contribution is 2.24. The normalized spacial score (nSPS) is 25.7. The van der Waals surface area contributed by atoms with Crippen molar-refractivity contribution in [1.82, 2.24) is 14.8 Å². The number of carbonyl (C=O) groups excluding carboxylic acids is 1. The number of hydrogen-bond acceptors (Lipinski definition) is 5. The van der Waals surface area contributed by atoms with E-state index in [1.165, 1.54) is 17.7 Å². The zero-order valence-corrected chi connectivity index (χ0v) is 13.3. The second-order valence-corrected chi connectivity index (χ2v) is 6.36. The second-order valence-electron chi connectivity index (χ2n) is 6.36. The molecule has 6 nitrogen and oxygen atoms in total. The van der Waals surface area contributed by atoms with Crippen LogP contribution in [0.25, 0.3) is 0 Å². The topological polar surface area (TPSA) is 59.9 Å². The largest absolute Gasteiger partial charge is 0.390 e. The van der Waals surface area contributed by atoms with Crippen LogP contribution in [-0.4, -0.2) is 78.2 Å². The molecule has 120 valence electrons. The Morgan fingerprint density at radius 3 is 2.68 bits per heavy atom. The fourth-order valence-corrected chi connectivity index (χ4v) is 3.34. The highest BCUT2D eigenvalue weighted by molar-refractivity contribution is 5.92. The lowest BCUT2D eigenvalue weighted by Crippen LogP contribution is -2.41. The number of anilines is 1. The minimum Gasteiger partial charge on any atom is -0.390 e. The van der Waals surface area contributed by atoms with Crippen molar-refractivity contribution in [3.63, 3.8) is 0 Å². The summed E-state index contributed by atoms with van der Waals surface area (Å²) in [4.78, 5) is 22.5. The number of β-amino-alcohol motifs (C(OH)–C–C–N with tert-alkyl or cyclic N) is 1. The van der Waals surface area contributed by atoms with Crippen LogP contribution < -0.4 is 4.90 Å². The van der Waals surface area contributed by atoms with Gasteiger partial charge in [0.2, 0.25) is 0 Å². The van der Waals surface area contributed by atoms with Crippen LogP contribution in [0.4, 0.5) is 5.82 Å². The van der Waals surface area contributed by atoms with Crippen molar-refractivity contribution in [2.75, 3.05) is 45.2 Å². The summed E-state index contributed by atoms with van der Waals surface area (Å²) in [5, 5.41) is 10.4. The Balaban J connectivity index is 1.74. The zero-order chi connectivity index (χ0) is 15.7. The molecule has 22 heavy (non-hydrogen) atoms. The quantitative estimate of drug-likeness (QED) is 0.877. The SMILES string of the molecule is CN(C)C(=O)c1cccc(N2C[C@H](O)[C@@H](N3CCCC3)C2)n1. The van der Waals surface area contributed by atoms with Gasteiger partial charge in [0.1, 0.15) is 11.5 Å². The predicted octanol–water partition coefficient (Wildman–Crippen LogP) is 0.429. The van der Waals surface area contributed by atoms with Gasteiger partial charge in [0.15, 0.2) is 0 Å². The second kappa shape index (κ2) is 6.22. The van der Waals surface area contributed by atoms with Gasteiger partial charge in [-0.3, -0.25) is 9.69 Å². The lowest BCUT2D eigenvalue weighted by Gasteiger charge is -2.25. The minimum atomic E-state index is -0.354. The number of nitrogens with zero attached hydrogens (tertiary/aromatic N) is 4. The molecule has 0 bridgehead atoms. The standard InChI is InChI=1S/C16H24N4O2/c1-18(2)16(22)12-6-5-7-15(17-12)20-10-13(14(21)11-20)19-8-3-4-9-19/h5-7,13-14,21H,3-4,8-11H2,1-2H3/t13-,14-/m0/s1. The Morgan fingerprint density at radius 1 is 1.27 bits per heavy atom. The van der Waals surface area contributed by atoms with Crippen LogP contribution in [0.2, 0.25) is 0 Å². The van der Waals surface area contributed by atoms with Crippen molar-refractivity contribution in [2.45, 2.75) is 25.0 Å². The molecular weight excluding hydrogens is 280 g/mol. The summed E-state index contributed by atoms with van der Waals surface area (Å²) in [5.74, 6) is 0.672. The number of hydrogen-bond donors (Lipinski definition) is 1. The van der Waals surface area contributed by atoms with E-state index in [0.717, 1.165) is 25.5 Å². The van der Waals surface area contributed by atoms with Crippen LogP contribution in [-0.2, 0) is 0 Å². The molecule has 2 aliphatic rings. The molecule has 2 saturated heterocycles. The van der Waals surface area contributed by atoms with Gasteiger partial charge in [0.25, 0.3) is 5.91 Å². The van der Waals surface area contributed by atoms with Gasteiger partial charge in [0, 0.05) is 27.2 Å². The molecule has 3 heterocycles. The highest BCUT2D eigenvalue weighted by atomic mass is 16.3. The summed E-state index contributed by atoms with van der Waals surface area (Å²) in [5.41, 5.74) is 0.446. The number of aromatic nitrogens is 1. The molecule has 0 saturated carbocycles. The Hall–Kier alpha value is -1.66. The number of rotatable bonds is 3. The van der Waals surface area contributed by atoms with E-state index in [-0.39, 0.29) is 18.1 Å². The van der Waals surface area contributed by atoms with Gasteiger partial charge < -0.3 is 14.9 Å². The van der Waals surface area contributed by atoms with Crippen molar-refractivity contribution in [3.8, 4) is 0 Å². The van der Waals surface area contributed by atoms with E-state index in [4.69, 9.17) is 0 Å². The number of pyridine rings is 1. The van der Waals surface area contributed by atoms with Crippen molar-refractivity contribution in [3.05, 3.63) is 23.9 Å². The Kier molecular flexibility index (Phi) is 4.31. The molecule has 2 atom stereocenters. The van der Waals surface area contributed by atoms with E-state index in [0.29, 0.717) is 12.2 Å². The molecule has 6 heteroatoms. The molecule has 0 aliphatic carbocycles. The van der Waals surface area contributed by atoms with Crippen molar-refractivity contribution >= 4 is 11.7 Å². The molecule has 2 aliphatic heterocycles. The number of likely N-dealkylation sites (tertiary alicyclic amines) is 1. The molecule has 1 aromatic rings. The summed E-state index contributed by atoms with van der Waals surface area (Å²) in [7, 11) is 3.44. The molecule has 0 radical (unpaired) electrons. The van der Waals surface area contributed by atoms with Crippen molar-refractivity contribution in [2.24, 2.45) is 0 Å². The Morgan fingerprint density at radius 2 is 2.00 bits per heavy atom. The fourth-order valence-electron chi connectivity index (χ4n) is 3.34. The van der Waals surface area contributed by atoms with Gasteiger partial charge in [-0.15, -0.1) is 0 Å². The van der Waals surface area contributed by atoms with E-state index in [1.807, 2.05) is 12.1 Å². The highest BCUT2D eigenvalue weighted by Gasteiger charge is 2.37. The molecule has 1 N–H and O–H groups in total. The van der Waals surface area contributed by atoms with Gasteiger partial charge in [-0.25, -0.2) is 4.98 Å². The average molecular weight is 304 g/mol. The first-order valence-corrected chi connectivity index (χ1v) is 7.92. The third-order valence-corrected chi connectivity index (χ3v) is 4.55. The average Bonchev–Trinajstić information content (AvgIpc) is 3.15. The molecule has 0 aromatic carbocycles. The summed E-state index contributed by atoms with van der Waals surface area (Å²) < 4.78 is 0. The number of aliphatic hydroxyl groups is 1. The lowest BCUT2D eigenvalue weighted by molar-refractivity contribution is 0.0822. The molecule has 0 spiro atoms. The first kappa shape index (κ1) is 15.2. The van der Waals surface area contributed by atoms with Gasteiger partial charge in [-0.2, -0.15) is 0 Å². The summed E-state index contributed by atoms with van der Waals surface area (Å²) in [6.07, 6.45) is 2.08. The number of amides is 1. The van der Waals surface area contributed by atoms with Gasteiger partial charge in [-0.05, 0) is 38.1 Å². The predicted molar refractivity (Wildman–Crippen MR) is 85.1 cm³/mol. The third-order valence-electron chi connectivity index (χ3n) is 4.55. The molecule has 0 unspecified atom stereocenters. The molecule has 2 fully saturated rings. The third kappa shape index (κ3) is 2.94. The van der Waals surface area contributed by atoms with Crippen LogP contribution >= 0.6 is 0 Å². The van der Waals surface area contributed by atoms with Gasteiger partial charge >= 0.3 is 0 Å². The Bertz CT molecular complexity index is 543. The Labute approximate surface area is 131 Å². The number of aliphatic hydroxyl groups excluding tert-OH is 1. The first-order valence-electron chi connectivity index (χ1n) is 7.92. The summed E-state index contributed by atoms with van der Waals surface area (Å²) in [6, 6.07) is 5.67. The maximum atomic E-state index is 12.0. The smallest absolute Gasteiger partial charge is 0.272 e. The van der Waals surface area contributed by atoms with E-state index in [1.54, 1.807) is 20.2 Å². The van der Waals surface area contributed by atoms with Gasteiger partial charge in [0.05, 0.1) is 12.1 Å². The lowest BCUT2D eigenvalue weighted by atomic mass is 10.2. The minimum absolute atomic E-state index is 0.0994. The van der Waals surface area contributed by atoms with Crippen LogP contribution in [0.15, 0.2) is 18.2 Å². The van der Waals surface area contributed by atoms with Crippen LogP contribution in [0.5, 0.6) is 0 Å². The fraction of sp³-hybridized carbons (Fsp3) is 0.625. The van der Waals surface area contributed by atoms with E-state index < -0.39 is 0 Å². The van der Waals surface area contributed by atoms with Crippen LogP contribution in [0.1, 0.15) is 23.3 Å². The number of carbonyl (C=O) groups is 1. The van der Waals surface area contributed by atoms with E-state index in [9.17, 15) is 9.90 Å². The molecular formula is C16H24N4O2. The van der Waals surface area contributed by atoms with Gasteiger partial charge in [-0.1, -0.05) is 6.07 Å². The van der Waals surface area contributed by atoms with Crippen LogP contribution in [0, 0.1) is 0 Å². The van der Waals surface area contributed by atoms with Crippen molar-refractivity contribution < 1.29 is 9.90 Å². The molecule has 1 amide bonds. The van der Waals surface area contributed by atoms with E-state index >= 15 is 0 Å². The van der Waals surface area contributed by atoms with Crippen LogP contribution in [0.3, 0.4) is 0 Å². The maximum absolute atomic E-state index is 12.0. The first-order chi connectivity index (χ1) is 10.6. The monoisotopic (exact) mass is 304 g/mol. The summed E-state index contributed by atoms with van der Waals surface area (Å²) in [6.45, 7) is 3.49. The zero-order valence-electron chi connectivity index (χ0n) is 13.3. The summed E-state index contributed by atoms with van der Waals surface area (Å²) >= 11 is 0. The van der Waals surface area contributed by atoms with Crippen molar-refractivity contribution in [1.29, 1.82) is 0 Å². The molecule has 3 rings (SSSR count).